The van der Waals surface area contributed by atoms with Gasteiger partial charge in [-0.1, -0.05) is 39.8 Å². The van der Waals surface area contributed by atoms with Crippen molar-refractivity contribution in [1.82, 2.24) is 5.32 Å². The highest BCUT2D eigenvalue weighted by Crippen LogP contribution is 2.29. The molecule has 2 unspecified atom stereocenters. The molecular formula is C18H31NOS. The smallest absolute Gasteiger partial charge is 0.0611 e. The maximum Gasteiger partial charge on any atom is 0.0611 e. The lowest BCUT2D eigenvalue weighted by molar-refractivity contribution is 0.166. The first-order chi connectivity index (χ1) is 9.90. The van der Waals surface area contributed by atoms with E-state index in [4.69, 9.17) is 0 Å². The Kier molecular flexibility index (Phi) is 7.78. The van der Waals surface area contributed by atoms with Gasteiger partial charge in [0.25, 0.3) is 0 Å². The zero-order valence-electron chi connectivity index (χ0n) is 14.1. The van der Waals surface area contributed by atoms with E-state index in [1.165, 1.54) is 10.5 Å². The Balaban J connectivity index is 2.57. The average molecular weight is 310 g/mol. The van der Waals surface area contributed by atoms with Gasteiger partial charge >= 0.3 is 0 Å². The summed E-state index contributed by atoms with van der Waals surface area (Å²) >= 11 is 1.89. The quantitative estimate of drug-likeness (QED) is 0.662. The number of nitrogens with one attached hydrogen (secondary N) is 1. The molecule has 0 aromatic heterocycles. The van der Waals surface area contributed by atoms with E-state index in [1.54, 1.807) is 0 Å². The molecule has 2 nitrogen and oxygen atoms in total. The van der Waals surface area contributed by atoms with Crippen molar-refractivity contribution in [3.63, 3.8) is 0 Å². The number of aliphatic hydroxyl groups is 1. The molecule has 0 heterocycles. The van der Waals surface area contributed by atoms with E-state index in [-0.39, 0.29) is 12.1 Å². The first-order valence-corrected chi connectivity index (χ1v) is 8.90. The third-order valence-corrected chi connectivity index (χ3v) is 4.89. The fourth-order valence-electron chi connectivity index (χ4n) is 2.46. The van der Waals surface area contributed by atoms with Crippen LogP contribution in [0.3, 0.4) is 0 Å². The van der Waals surface area contributed by atoms with E-state index in [0.717, 1.165) is 19.4 Å². The summed E-state index contributed by atoms with van der Waals surface area (Å²) in [6.45, 7) is 12.1. The van der Waals surface area contributed by atoms with Crippen molar-refractivity contribution in [3.8, 4) is 0 Å². The molecule has 0 saturated carbocycles. The Bertz CT molecular complexity index is 404. The van der Waals surface area contributed by atoms with Crippen molar-refractivity contribution in [2.45, 2.75) is 69.1 Å². The summed E-state index contributed by atoms with van der Waals surface area (Å²) in [5.41, 5.74) is 1.21. The molecule has 0 aliphatic heterocycles. The van der Waals surface area contributed by atoms with Gasteiger partial charge in [0, 0.05) is 15.7 Å². The molecule has 0 bridgehead atoms. The highest BCUT2D eigenvalue weighted by Gasteiger charge is 2.25. The van der Waals surface area contributed by atoms with Crippen molar-refractivity contribution in [2.75, 3.05) is 13.2 Å². The average Bonchev–Trinajstić information content (AvgIpc) is 2.45. The second kappa shape index (κ2) is 8.82. The maximum atomic E-state index is 9.65. The summed E-state index contributed by atoms with van der Waals surface area (Å²) < 4.78 is 0. The van der Waals surface area contributed by atoms with Gasteiger partial charge in [-0.05, 0) is 49.9 Å². The Morgan fingerprint density at radius 1 is 1.19 bits per heavy atom. The van der Waals surface area contributed by atoms with E-state index in [1.807, 2.05) is 11.8 Å². The van der Waals surface area contributed by atoms with Crippen LogP contribution in [0.4, 0.5) is 0 Å². The van der Waals surface area contributed by atoms with Crippen LogP contribution in [0.15, 0.2) is 29.2 Å². The number of thioether (sulfide) groups is 1. The Labute approximate surface area is 134 Å². The minimum atomic E-state index is -0.180. The maximum absolute atomic E-state index is 9.65. The van der Waals surface area contributed by atoms with Gasteiger partial charge in [0.2, 0.25) is 0 Å². The van der Waals surface area contributed by atoms with Crippen LogP contribution in [0.25, 0.3) is 0 Å². The third kappa shape index (κ3) is 6.41. The molecule has 0 fully saturated rings. The van der Waals surface area contributed by atoms with E-state index in [0.29, 0.717) is 11.2 Å². The van der Waals surface area contributed by atoms with Crippen molar-refractivity contribution < 1.29 is 5.11 Å². The minimum Gasteiger partial charge on any atom is -0.394 e. The first-order valence-electron chi connectivity index (χ1n) is 8.02. The molecule has 120 valence electrons. The summed E-state index contributed by atoms with van der Waals surface area (Å²) in [6.07, 6.45) is 2.05. The van der Waals surface area contributed by atoms with Crippen LogP contribution in [0.2, 0.25) is 0 Å². The van der Waals surface area contributed by atoms with Crippen LogP contribution in [-0.2, 0) is 0 Å². The third-order valence-electron chi connectivity index (χ3n) is 3.77. The molecule has 2 atom stereocenters. The van der Waals surface area contributed by atoms with Gasteiger partial charge < -0.3 is 10.4 Å². The second-order valence-corrected chi connectivity index (χ2v) is 8.01. The number of aliphatic hydroxyl groups excluding tert-OH is 1. The normalized spacial score (nSPS) is 16.0. The monoisotopic (exact) mass is 309 g/mol. The van der Waals surface area contributed by atoms with Gasteiger partial charge in [-0.25, -0.2) is 0 Å². The van der Waals surface area contributed by atoms with Gasteiger partial charge in [0.05, 0.1) is 6.61 Å². The van der Waals surface area contributed by atoms with Gasteiger partial charge in [-0.3, -0.25) is 0 Å². The number of hydrogen-bond donors (Lipinski definition) is 2. The highest BCUT2D eigenvalue weighted by atomic mass is 32.2. The molecule has 1 aromatic rings. The highest BCUT2D eigenvalue weighted by molar-refractivity contribution is 7.99. The molecule has 1 rings (SSSR count). The lowest BCUT2D eigenvalue weighted by Gasteiger charge is -2.31. The standard InChI is InChI=1S/C18H31NOS/c1-6-11-19-18(5,13-20)12-15(4)21-17-9-7-16(8-10-17)14(2)3/h7-10,14-15,19-20H,6,11-13H2,1-5H3. The summed E-state index contributed by atoms with van der Waals surface area (Å²) in [7, 11) is 0. The summed E-state index contributed by atoms with van der Waals surface area (Å²) in [5, 5.41) is 13.6. The van der Waals surface area contributed by atoms with Crippen LogP contribution in [0, 0.1) is 0 Å². The fraction of sp³-hybridized carbons (Fsp3) is 0.667. The minimum absolute atomic E-state index is 0.180. The van der Waals surface area contributed by atoms with E-state index in [2.05, 4.69) is 64.2 Å². The molecule has 2 N–H and O–H groups in total. The Morgan fingerprint density at radius 3 is 2.29 bits per heavy atom. The molecule has 3 heteroatoms. The molecule has 21 heavy (non-hydrogen) atoms. The lowest BCUT2D eigenvalue weighted by atomic mass is 9.97. The van der Waals surface area contributed by atoms with Crippen LogP contribution >= 0.6 is 11.8 Å². The number of benzene rings is 1. The second-order valence-electron chi connectivity index (χ2n) is 6.50. The fourth-order valence-corrected chi connectivity index (χ4v) is 3.67. The number of hydrogen-bond acceptors (Lipinski definition) is 3. The summed E-state index contributed by atoms with van der Waals surface area (Å²) in [4.78, 5) is 1.31. The Hall–Kier alpha value is -0.510. The SMILES string of the molecule is CCCNC(C)(CO)CC(C)Sc1ccc(C(C)C)cc1. The predicted octanol–water partition coefficient (Wildman–Crippen LogP) is 4.43. The van der Waals surface area contributed by atoms with Gasteiger partial charge in [-0.15, -0.1) is 11.8 Å². The Morgan fingerprint density at radius 2 is 1.81 bits per heavy atom. The van der Waals surface area contributed by atoms with E-state index in [9.17, 15) is 5.11 Å². The van der Waals surface area contributed by atoms with Crippen molar-refractivity contribution in [2.24, 2.45) is 0 Å². The predicted molar refractivity (Wildman–Crippen MR) is 94.3 cm³/mol. The van der Waals surface area contributed by atoms with Crippen molar-refractivity contribution in [1.29, 1.82) is 0 Å². The van der Waals surface area contributed by atoms with Gasteiger partial charge in [-0.2, -0.15) is 0 Å². The van der Waals surface area contributed by atoms with Gasteiger partial charge in [0.15, 0.2) is 0 Å². The van der Waals surface area contributed by atoms with E-state index >= 15 is 0 Å². The summed E-state index contributed by atoms with van der Waals surface area (Å²) in [6, 6.07) is 8.87. The largest absolute Gasteiger partial charge is 0.394 e. The topological polar surface area (TPSA) is 32.3 Å². The molecule has 1 aromatic carbocycles. The zero-order chi connectivity index (χ0) is 15.9. The molecule has 0 aliphatic carbocycles. The number of rotatable bonds is 9. The molecule has 0 amide bonds. The van der Waals surface area contributed by atoms with Crippen LogP contribution in [0.5, 0.6) is 0 Å². The lowest BCUT2D eigenvalue weighted by Crippen LogP contribution is -2.47. The van der Waals surface area contributed by atoms with Crippen LogP contribution in [0.1, 0.15) is 58.9 Å². The molecular weight excluding hydrogens is 278 g/mol. The summed E-state index contributed by atoms with van der Waals surface area (Å²) in [5.74, 6) is 0.581. The molecule has 0 saturated heterocycles. The van der Waals surface area contributed by atoms with Crippen molar-refractivity contribution >= 4 is 11.8 Å². The van der Waals surface area contributed by atoms with Gasteiger partial charge in [0.1, 0.15) is 0 Å². The molecule has 0 aliphatic rings. The van der Waals surface area contributed by atoms with Crippen LogP contribution < -0.4 is 5.32 Å². The first kappa shape index (κ1) is 18.5. The van der Waals surface area contributed by atoms with E-state index < -0.39 is 0 Å². The van der Waals surface area contributed by atoms with Crippen LogP contribution in [-0.4, -0.2) is 29.0 Å². The molecule has 0 radical (unpaired) electrons. The van der Waals surface area contributed by atoms with Crippen molar-refractivity contribution in [3.05, 3.63) is 29.8 Å². The zero-order valence-corrected chi connectivity index (χ0v) is 15.0. The molecule has 0 spiro atoms.